The molecule has 0 spiro atoms. The second kappa shape index (κ2) is 11.8. The molecular weight excluding hydrogens is 498 g/mol. The summed E-state index contributed by atoms with van der Waals surface area (Å²) in [6.45, 7) is 3.99. The summed E-state index contributed by atoms with van der Waals surface area (Å²) in [5, 5.41) is 10.2. The van der Waals surface area contributed by atoms with Gasteiger partial charge in [-0.05, 0) is 65.9 Å². The van der Waals surface area contributed by atoms with E-state index in [1.54, 1.807) is 19.3 Å². The van der Waals surface area contributed by atoms with Crippen molar-refractivity contribution < 1.29 is 9.59 Å². The topological polar surface area (TPSA) is 88.9 Å². The first-order valence-corrected chi connectivity index (χ1v) is 13.1. The van der Waals surface area contributed by atoms with Crippen molar-refractivity contribution in [3.05, 3.63) is 138 Å². The Hall–Kier alpha value is -5.04. The summed E-state index contributed by atoms with van der Waals surface area (Å²) < 4.78 is 1.49. The molecule has 7 heteroatoms. The zero-order valence-electron chi connectivity index (χ0n) is 22.7. The van der Waals surface area contributed by atoms with Gasteiger partial charge < -0.3 is 10.6 Å². The van der Waals surface area contributed by atoms with Gasteiger partial charge in [-0.15, -0.1) is 0 Å². The van der Waals surface area contributed by atoms with E-state index in [-0.39, 0.29) is 11.8 Å². The summed E-state index contributed by atoms with van der Waals surface area (Å²) in [5.74, 6) is -1.13. The fourth-order valence-electron chi connectivity index (χ4n) is 4.90. The van der Waals surface area contributed by atoms with Crippen molar-refractivity contribution in [2.45, 2.75) is 25.8 Å². The molecule has 1 atom stereocenters. The molecular formula is C33H31N5O2. The fourth-order valence-corrected chi connectivity index (χ4v) is 4.90. The van der Waals surface area contributed by atoms with Crippen molar-refractivity contribution in [1.82, 2.24) is 20.1 Å². The molecule has 40 heavy (non-hydrogen) atoms. The Balaban J connectivity index is 1.49. The highest BCUT2D eigenvalue weighted by Crippen LogP contribution is 2.30. The number of pyridine rings is 1. The zero-order valence-corrected chi connectivity index (χ0v) is 22.7. The number of amides is 2. The van der Waals surface area contributed by atoms with Crippen LogP contribution in [0.5, 0.6) is 0 Å². The van der Waals surface area contributed by atoms with Gasteiger partial charge in [-0.3, -0.25) is 19.3 Å². The average molecular weight is 530 g/mol. The largest absolute Gasteiger partial charge is 0.338 e. The van der Waals surface area contributed by atoms with Crippen molar-refractivity contribution in [1.29, 1.82) is 0 Å². The van der Waals surface area contributed by atoms with Gasteiger partial charge in [0.25, 0.3) is 5.91 Å². The van der Waals surface area contributed by atoms with Gasteiger partial charge in [0.1, 0.15) is 11.7 Å². The van der Waals surface area contributed by atoms with Crippen molar-refractivity contribution in [2.24, 2.45) is 7.05 Å². The first-order chi connectivity index (χ1) is 19.4. The van der Waals surface area contributed by atoms with Gasteiger partial charge in [-0.1, -0.05) is 72.8 Å². The molecule has 2 amide bonds. The Bertz CT molecular complexity index is 1570. The predicted octanol–water partition coefficient (Wildman–Crippen LogP) is 5.67. The fraction of sp³-hybridized carbons (Fsp3) is 0.152. The van der Waals surface area contributed by atoms with Gasteiger partial charge in [-0.25, -0.2) is 0 Å². The second-order valence-electron chi connectivity index (χ2n) is 9.80. The molecule has 0 bridgehead atoms. The molecule has 2 N–H and O–H groups in total. The molecule has 0 aliphatic carbocycles. The van der Waals surface area contributed by atoms with E-state index in [1.807, 2.05) is 105 Å². The maximum absolute atomic E-state index is 14.0. The maximum atomic E-state index is 14.0. The number of benzene rings is 3. The van der Waals surface area contributed by atoms with E-state index in [9.17, 15) is 9.59 Å². The number of carbonyl (C=O) groups is 2. The lowest BCUT2D eigenvalue weighted by Gasteiger charge is -2.28. The number of nitrogens with one attached hydrogen (secondary N) is 2. The second-order valence-corrected chi connectivity index (χ2v) is 9.80. The molecule has 0 radical (unpaired) electrons. The Kier molecular flexibility index (Phi) is 7.82. The third-order valence-electron chi connectivity index (χ3n) is 6.98. The van der Waals surface area contributed by atoms with Gasteiger partial charge in [0.2, 0.25) is 5.91 Å². The van der Waals surface area contributed by atoms with E-state index in [1.165, 1.54) is 4.68 Å². The van der Waals surface area contributed by atoms with Crippen molar-refractivity contribution in [2.75, 3.05) is 5.32 Å². The van der Waals surface area contributed by atoms with Crippen LogP contribution in [-0.4, -0.2) is 32.6 Å². The van der Waals surface area contributed by atoms with Crippen LogP contribution in [0.1, 0.15) is 38.8 Å². The lowest BCUT2D eigenvalue weighted by atomic mass is 9.84. The molecule has 3 aromatic carbocycles. The lowest BCUT2D eigenvalue weighted by Crippen LogP contribution is -2.48. The number of aromatic nitrogens is 3. The normalized spacial score (nSPS) is 11.7. The van der Waals surface area contributed by atoms with Gasteiger partial charge in [0, 0.05) is 36.7 Å². The molecule has 0 saturated carbocycles. The SMILES string of the molecule is Cc1cc(-c2ccc(NC(=O)[C@@H](NC(=O)c3ccnn3C)C(c3ccccc3)c3ccccc3)cc2)c(C)cn1. The Labute approximate surface area is 233 Å². The van der Waals surface area contributed by atoms with E-state index in [2.05, 4.69) is 26.8 Å². The monoisotopic (exact) mass is 529 g/mol. The summed E-state index contributed by atoms with van der Waals surface area (Å²) in [6.07, 6.45) is 3.42. The number of hydrogen-bond donors (Lipinski definition) is 2. The predicted molar refractivity (Wildman–Crippen MR) is 157 cm³/mol. The van der Waals surface area contributed by atoms with Crippen LogP contribution in [0.25, 0.3) is 11.1 Å². The van der Waals surface area contributed by atoms with Crippen LogP contribution in [0.3, 0.4) is 0 Å². The minimum absolute atomic E-state index is 0.322. The van der Waals surface area contributed by atoms with Crippen molar-refractivity contribution >= 4 is 17.5 Å². The van der Waals surface area contributed by atoms with Gasteiger partial charge >= 0.3 is 0 Å². The third kappa shape index (κ3) is 5.83. The van der Waals surface area contributed by atoms with Gasteiger partial charge in [-0.2, -0.15) is 5.10 Å². The molecule has 2 aromatic heterocycles. The van der Waals surface area contributed by atoms with Crippen LogP contribution < -0.4 is 10.6 Å². The molecule has 0 aliphatic heterocycles. The summed E-state index contributed by atoms with van der Waals surface area (Å²) in [6, 6.07) is 30.0. The van der Waals surface area contributed by atoms with Crippen LogP contribution in [0.2, 0.25) is 0 Å². The molecule has 5 aromatic rings. The summed E-state index contributed by atoms with van der Waals surface area (Å²) in [5.41, 5.74) is 6.98. The number of hydrogen-bond acceptors (Lipinski definition) is 4. The minimum Gasteiger partial charge on any atom is -0.338 e. The van der Waals surface area contributed by atoms with E-state index in [4.69, 9.17) is 0 Å². The number of anilines is 1. The molecule has 7 nitrogen and oxygen atoms in total. The van der Waals surface area contributed by atoms with Gasteiger partial charge in [0.05, 0.1) is 0 Å². The van der Waals surface area contributed by atoms with Crippen LogP contribution in [0.15, 0.2) is 109 Å². The third-order valence-corrected chi connectivity index (χ3v) is 6.98. The van der Waals surface area contributed by atoms with Crippen LogP contribution in [0.4, 0.5) is 5.69 Å². The summed E-state index contributed by atoms with van der Waals surface area (Å²) in [7, 11) is 1.70. The van der Waals surface area contributed by atoms with E-state index < -0.39 is 12.0 Å². The van der Waals surface area contributed by atoms with Crippen LogP contribution in [-0.2, 0) is 11.8 Å². The number of carbonyl (C=O) groups excluding carboxylic acids is 2. The molecule has 5 rings (SSSR count). The quantitative estimate of drug-likeness (QED) is 0.271. The molecule has 0 saturated heterocycles. The molecule has 2 heterocycles. The first kappa shape index (κ1) is 26.6. The average Bonchev–Trinajstić information content (AvgIpc) is 3.41. The summed E-state index contributed by atoms with van der Waals surface area (Å²) >= 11 is 0. The minimum atomic E-state index is -0.906. The van der Waals surface area contributed by atoms with Gasteiger partial charge in [0.15, 0.2) is 0 Å². The zero-order chi connectivity index (χ0) is 28.1. The Morgan fingerprint density at radius 2 is 1.45 bits per heavy atom. The first-order valence-electron chi connectivity index (χ1n) is 13.1. The highest BCUT2D eigenvalue weighted by Gasteiger charge is 2.33. The van der Waals surface area contributed by atoms with E-state index in [0.717, 1.165) is 33.5 Å². The van der Waals surface area contributed by atoms with Crippen molar-refractivity contribution in [3.8, 4) is 11.1 Å². The maximum Gasteiger partial charge on any atom is 0.270 e. The number of nitrogens with zero attached hydrogens (tertiary/aromatic N) is 3. The highest BCUT2D eigenvalue weighted by atomic mass is 16.2. The molecule has 200 valence electrons. The van der Waals surface area contributed by atoms with E-state index >= 15 is 0 Å². The summed E-state index contributed by atoms with van der Waals surface area (Å²) in [4.78, 5) is 31.7. The number of aryl methyl sites for hydroxylation is 3. The van der Waals surface area contributed by atoms with Crippen LogP contribution >= 0.6 is 0 Å². The molecule has 0 unspecified atom stereocenters. The molecule has 0 fully saturated rings. The van der Waals surface area contributed by atoms with Crippen molar-refractivity contribution in [3.63, 3.8) is 0 Å². The highest BCUT2D eigenvalue weighted by molar-refractivity contribution is 6.01. The van der Waals surface area contributed by atoms with Crippen LogP contribution in [0, 0.1) is 13.8 Å². The smallest absolute Gasteiger partial charge is 0.270 e. The van der Waals surface area contributed by atoms with E-state index in [0.29, 0.717) is 11.4 Å². The Morgan fingerprint density at radius 1 is 0.825 bits per heavy atom. The lowest BCUT2D eigenvalue weighted by molar-refractivity contribution is -0.118. The molecule has 0 aliphatic rings. The Morgan fingerprint density at radius 3 is 2.02 bits per heavy atom. The number of rotatable bonds is 8. The standard InChI is InChI=1S/C33H31N5O2/c1-22-21-34-23(2)20-28(22)24-14-16-27(17-15-24)36-33(40)31(37-32(39)29-18-19-35-38(29)3)30(25-10-6-4-7-11-25)26-12-8-5-9-13-26/h4-21,30-31H,1-3H3,(H,36,40)(H,37,39)/t31-/m0/s1.